The van der Waals surface area contributed by atoms with Gasteiger partial charge in [0.2, 0.25) is 0 Å². The van der Waals surface area contributed by atoms with Crippen LogP contribution in [0.2, 0.25) is 0 Å². The van der Waals surface area contributed by atoms with E-state index in [1.807, 2.05) is 0 Å². The second-order valence-corrected chi connectivity index (χ2v) is 10.8. The molecular weight excluding hydrogens is 458 g/mol. The van der Waals surface area contributed by atoms with Crippen molar-refractivity contribution in [1.82, 2.24) is 4.57 Å². The molecule has 0 N–H and O–H groups in total. The summed E-state index contributed by atoms with van der Waals surface area (Å²) in [6.07, 6.45) is 6.86. The zero-order chi connectivity index (χ0) is 24.8. The topological polar surface area (TPSA) is 4.93 Å². The highest BCUT2D eigenvalue weighted by molar-refractivity contribution is 5.96. The quantitative estimate of drug-likeness (QED) is 0.220. The van der Waals surface area contributed by atoms with E-state index in [-0.39, 0.29) is 5.41 Å². The second-order valence-electron chi connectivity index (χ2n) is 10.8. The number of allylic oxidation sites excluding steroid dienone is 1. The Hall–Kier alpha value is -4.62. The van der Waals surface area contributed by atoms with E-state index in [9.17, 15) is 0 Å². The first-order valence-electron chi connectivity index (χ1n) is 13.6. The molecule has 1 nitrogen and oxygen atoms in total. The molecule has 0 unspecified atom stereocenters. The van der Waals surface area contributed by atoms with Crippen LogP contribution in [0.4, 0.5) is 0 Å². The van der Waals surface area contributed by atoms with Gasteiger partial charge in [-0.2, -0.15) is 0 Å². The van der Waals surface area contributed by atoms with Crippen LogP contribution in [0.25, 0.3) is 44.9 Å². The molecule has 9 rings (SSSR count). The first-order valence-corrected chi connectivity index (χ1v) is 13.6. The summed E-state index contributed by atoms with van der Waals surface area (Å²) in [5.41, 5.74) is 16.0. The number of aryl methyl sites for hydroxylation is 1. The summed E-state index contributed by atoms with van der Waals surface area (Å²) in [6.45, 7) is 0. The average Bonchev–Trinajstić information content (AvgIpc) is 3.59. The van der Waals surface area contributed by atoms with Gasteiger partial charge in [-0.3, -0.25) is 0 Å². The lowest BCUT2D eigenvalue weighted by molar-refractivity contribution is 0.792. The molecule has 0 bridgehead atoms. The van der Waals surface area contributed by atoms with Crippen molar-refractivity contribution in [2.75, 3.05) is 0 Å². The molecule has 1 aromatic heterocycles. The van der Waals surface area contributed by atoms with Gasteiger partial charge < -0.3 is 4.57 Å². The minimum absolute atomic E-state index is 0.312. The van der Waals surface area contributed by atoms with E-state index in [1.165, 1.54) is 72.4 Å². The van der Waals surface area contributed by atoms with Gasteiger partial charge in [-0.25, -0.2) is 0 Å². The second kappa shape index (κ2) is 7.24. The molecule has 5 aromatic carbocycles. The van der Waals surface area contributed by atoms with Crippen LogP contribution in [0.5, 0.6) is 0 Å². The summed E-state index contributed by atoms with van der Waals surface area (Å²) >= 11 is 0. The predicted octanol–water partition coefficient (Wildman–Crippen LogP) is 8.93. The van der Waals surface area contributed by atoms with Gasteiger partial charge in [0.15, 0.2) is 0 Å². The van der Waals surface area contributed by atoms with Crippen molar-refractivity contribution < 1.29 is 0 Å². The van der Waals surface area contributed by atoms with Crippen LogP contribution in [0.15, 0.2) is 121 Å². The maximum atomic E-state index is 2.49. The highest BCUT2D eigenvalue weighted by Crippen LogP contribution is 2.62. The zero-order valence-electron chi connectivity index (χ0n) is 21.0. The van der Waals surface area contributed by atoms with E-state index in [0.29, 0.717) is 0 Å². The largest absolute Gasteiger partial charge is 0.310 e. The lowest BCUT2D eigenvalue weighted by Crippen LogP contribution is -2.26. The predicted molar refractivity (Wildman–Crippen MR) is 157 cm³/mol. The first kappa shape index (κ1) is 20.4. The average molecular weight is 484 g/mol. The number of fused-ring (bicyclic) bond motifs is 13. The maximum Gasteiger partial charge on any atom is 0.0726 e. The van der Waals surface area contributed by atoms with Crippen molar-refractivity contribution in [2.45, 2.75) is 18.3 Å². The summed E-state index contributed by atoms with van der Waals surface area (Å²) in [7, 11) is 0. The standard InChI is InChI=1S/C37H25N/c1-6-16-31-25(11-1)26-12-2-7-17-32(26)37(31)33-18-8-3-13-27(33)28-22-21-24(23-34(28)37)38-35-19-9-4-14-29(35)30-15-5-10-20-36(30)38/h1-4,6-14,16-23H,5,15H2. The fraction of sp³-hybridized carbons (Fsp3) is 0.0811. The fourth-order valence-electron chi connectivity index (χ4n) is 7.69. The molecule has 0 saturated carbocycles. The lowest BCUT2D eigenvalue weighted by Gasteiger charge is -2.30. The van der Waals surface area contributed by atoms with E-state index in [4.69, 9.17) is 0 Å². The monoisotopic (exact) mass is 483 g/mol. The van der Waals surface area contributed by atoms with Crippen LogP contribution in [0.3, 0.4) is 0 Å². The molecule has 1 spiro atoms. The molecule has 3 aliphatic rings. The van der Waals surface area contributed by atoms with Crippen LogP contribution in [-0.4, -0.2) is 4.57 Å². The Labute approximate surface area is 222 Å². The normalized spacial score (nSPS) is 15.3. The molecule has 178 valence electrons. The zero-order valence-corrected chi connectivity index (χ0v) is 21.0. The lowest BCUT2D eigenvalue weighted by atomic mass is 9.70. The number of aromatic nitrogens is 1. The number of nitrogens with zero attached hydrogens (tertiary/aromatic N) is 1. The minimum atomic E-state index is -0.312. The Bertz CT molecular complexity index is 1920. The minimum Gasteiger partial charge on any atom is -0.310 e. The van der Waals surface area contributed by atoms with Gasteiger partial charge in [0.25, 0.3) is 0 Å². The van der Waals surface area contributed by atoms with Crippen LogP contribution in [-0.2, 0) is 11.8 Å². The van der Waals surface area contributed by atoms with Crippen molar-refractivity contribution in [2.24, 2.45) is 0 Å². The van der Waals surface area contributed by atoms with Gasteiger partial charge in [-0.1, -0.05) is 103 Å². The van der Waals surface area contributed by atoms with Gasteiger partial charge in [0, 0.05) is 16.8 Å². The van der Waals surface area contributed by atoms with Gasteiger partial charge in [-0.15, -0.1) is 0 Å². The van der Waals surface area contributed by atoms with E-state index >= 15 is 0 Å². The van der Waals surface area contributed by atoms with Gasteiger partial charge in [0.1, 0.15) is 0 Å². The molecule has 0 fully saturated rings. The summed E-state index contributed by atoms with van der Waals surface area (Å²) < 4.78 is 2.49. The van der Waals surface area contributed by atoms with Crippen molar-refractivity contribution in [3.8, 4) is 27.9 Å². The molecule has 6 aromatic rings. The highest BCUT2D eigenvalue weighted by Gasteiger charge is 2.51. The van der Waals surface area contributed by atoms with Crippen LogP contribution in [0.1, 0.15) is 39.9 Å². The first-order chi connectivity index (χ1) is 18.9. The number of benzene rings is 5. The van der Waals surface area contributed by atoms with Crippen LogP contribution >= 0.6 is 0 Å². The number of rotatable bonds is 1. The molecule has 0 radical (unpaired) electrons. The summed E-state index contributed by atoms with van der Waals surface area (Å²) in [5, 5.41) is 1.38. The molecule has 1 heteroatoms. The van der Waals surface area contributed by atoms with Crippen molar-refractivity contribution in [1.29, 1.82) is 0 Å². The van der Waals surface area contributed by atoms with Gasteiger partial charge in [-0.05, 0) is 87.2 Å². The van der Waals surface area contributed by atoms with Crippen LogP contribution in [0, 0.1) is 0 Å². The SMILES string of the molecule is C1=Cc2c(c3ccccc3n2-c2ccc3c(c2)C2(c4ccccc4-c4ccccc42)c2ccccc2-3)CC1. The third-order valence-electron chi connectivity index (χ3n) is 9.10. The van der Waals surface area contributed by atoms with E-state index < -0.39 is 0 Å². The summed E-state index contributed by atoms with van der Waals surface area (Å²) in [4.78, 5) is 0. The molecule has 38 heavy (non-hydrogen) atoms. The fourth-order valence-corrected chi connectivity index (χ4v) is 7.69. The third kappa shape index (κ3) is 2.33. The number of hydrogen-bond donors (Lipinski definition) is 0. The Morgan fingerprint density at radius 3 is 1.82 bits per heavy atom. The summed E-state index contributed by atoms with van der Waals surface area (Å²) in [6, 6.07) is 43.2. The highest BCUT2D eigenvalue weighted by atomic mass is 15.0. The summed E-state index contributed by atoms with van der Waals surface area (Å²) in [5.74, 6) is 0. The molecule has 0 saturated heterocycles. The van der Waals surface area contributed by atoms with Crippen molar-refractivity contribution >= 4 is 17.0 Å². The number of para-hydroxylation sites is 1. The van der Waals surface area contributed by atoms with Gasteiger partial charge in [0.05, 0.1) is 10.9 Å². The Kier molecular flexibility index (Phi) is 3.89. The Balaban J connectivity index is 1.41. The third-order valence-corrected chi connectivity index (χ3v) is 9.10. The molecular formula is C37H25N. The maximum absolute atomic E-state index is 2.49. The molecule has 0 amide bonds. The number of hydrogen-bond acceptors (Lipinski definition) is 0. The van der Waals surface area contributed by atoms with Crippen LogP contribution < -0.4 is 0 Å². The van der Waals surface area contributed by atoms with E-state index in [1.54, 1.807) is 0 Å². The molecule has 1 heterocycles. The molecule has 0 atom stereocenters. The van der Waals surface area contributed by atoms with Crippen molar-refractivity contribution in [3.05, 3.63) is 155 Å². The Morgan fingerprint density at radius 1 is 0.553 bits per heavy atom. The van der Waals surface area contributed by atoms with E-state index in [2.05, 4.69) is 132 Å². The van der Waals surface area contributed by atoms with Gasteiger partial charge >= 0.3 is 0 Å². The Morgan fingerprint density at radius 2 is 1.13 bits per heavy atom. The molecule has 3 aliphatic carbocycles. The smallest absolute Gasteiger partial charge is 0.0726 e. The molecule has 0 aliphatic heterocycles. The van der Waals surface area contributed by atoms with E-state index in [0.717, 1.165) is 12.8 Å². The van der Waals surface area contributed by atoms with Crippen molar-refractivity contribution in [3.63, 3.8) is 0 Å².